The number of anilines is 1. The molecule has 0 aliphatic carbocycles. The maximum Gasteiger partial charge on any atom is 0.123 e. The lowest BCUT2D eigenvalue weighted by atomic mass is 10.00. The van der Waals surface area contributed by atoms with Crippen LogP contribution in [-0.2, 0) is 5.60 Å². The fourth-order valence-corrected chi connectivity index (χ4v) is 1.26. The van der Waals surface area contributed by atoms with Gasteiger partial charge in [-0.1, -0.05) is 11.6 Å². The smallest absolute Gasteiger partial charge is 0.123 e. The maximum absolute atomic E-state index is 9.63. The van der Waals surface area contributed by atoms with E-state index in [4.69, 9.17) is 17.3 Å². The molecule has 1 rings (SSSR count). The molecule has 1 aromatic heterocycles. The second-order valence-corrected chi connectivity index (χ2v) is 3.56. The Morgan fingerprint density at radius 3 is 2.58 bits per heavy atom. The van der Waals surface area contributed by atoms with Crippen molar-refractivity contribution in [1.82, 2.24) is 4.98 Å². The largest absolute Gasteiger partial charge is 0.386 e. The molecule has 0 aliphatic heterocycles. The quantitative estimate of drug-likeness (QED) is 0.700. The summed E-state index contributed by atoms with van der Waals surface area (Å²) >= 11 is 5.80. The summed E-state index contributed by atoms with van der Waals surface area (Å²) in [7, 11) is 0. The summed E-state index contributed by atoms with van der Waals surface area (Å²) in [4.78, 5) is 3.79. The zero-order valence-corrected chi connectivity index (χ0v) is 7.76. The molecule has 0 fully saturated rings. The summed E-state index contributed by atoms with van der Waals surface area (Å²) in [6.45, 7) is 3.29. The van der Waals surface area contributed by atoms with E-state index in [1.54, 1.807) is 19.9 Å². The first-order chi connectivity index (χ1) is 5.41. The van der Waals surface area contributed by atoms with Crippen LogP contribution in [0.15, 0.2) is 12.3 Å². The molecule has 0 saturated carbocycles. The van der Waals surface area contributed by atoms with Crippen LogP contribution in [0, 0.1) is 0 Å². The van der Waals surface area contributed by atoms with Gasteiger partial charge in [-0.3, -0.25) is 0 Å². The van der Waals surface area contributed by atoms with Gasteiger partial charge in [0.1, 0.15) is 5.82 Å². The van der Waals surface area contributed by atoms with Gasteiger partial charge in [0.2, 0.25) is 0 Å². The Balaban J connectivity index is 3.23. The van der Waals surface area contributed by atoms with Gasteiger partial charge in [0, 0.05) is 11.8 Å². The zero-order chi connectivity index (χ0) is 9.35. The predicted octanol–water partition coefficient (Wildman–Crippen LogP) is 1.54. The number of aromatic nitrogens is 1. The number of aliphatic hydroxyl groups is 1. The van der Waals surface area contributed by atoms with Gasteiger partial charge in [0.15, 0.2) is 0 Å². The zero-order valence-electron chi connectivity index (χ0n) is 7.00. The van der Waals surface area contributed by atoms with Gasteiger partial charge in [-0.05, 0) is 19.9 Å². The van der Waals surface area contributed by atoms with Crippen molar-refractivity contribution in [2.75, 3.05) is 5.73 Å². The van der Waals surface area contributed by atoms with E-state index in [1.165, 1.54) is 6.20 Å². The first-order valence-corrected chi connectivity index (χ1v) is 3.93. The summed E-state index contributed by atoms with van der Waals surface area (Å²) in [6.07, 6.45) is 1.43. The third kappa shape index (κ3) is 1.87. The van der Waals surface area contributed by atoms with Gasteiger partial charge in [-0.25, -0.2) is 4.98 Å². The second kappa shape index (κ2) is 2.92. The topological polar surface area (TPSA) is 59.1 Å². The van der Waals surface area contributed by atoms with Crippen molar-refractivity contribution >= 4 is 17.4 Å². The lowest BCUT2D eigenvalue weighted by Crippen LogP contribution is -2.16. The van der Waals surface area contributed by atoms with Crippen LogP contribution in [-0.4, -0.2) is 10.1 Å². The standard InChI is InChI=1S/C8H11ClN2O/c1-8(2,12)5-3-7(10)11-4-6(5)9/h3-4,12H,1-2H3,(H2,10,11). The van der Waals surface area contributed by atoms with Crippen LogP contribution in [0.1, 0.15) is 19.4 Å². The molecule has 0 aliphatic rings. The lowest BCUT2D eigenvalue weighted by molar-refractivity contribution is 0.0787. The Labute approximate surface area is 76.2 Å². The average Bonchev–Trinajstić information content (AvgIpc) is 1.92. The monoisotopic (exact) mass is 186 g/mol. The molecule has 3 nitrogen and oxygen atoms in total. The number of hydrogen-bond acceptors (Lipinski definition) is 3. The van der Waals surface area contributed by atoms with Gasteiger partial charge < -0.3 is 10.8 Å². The van der Waals surface area contributed by atoms with Crippen molar-refractivity contribution in [3.05, 3.63) is 22.8 Å². The number of hydrogen-bond donors (Lipinski definition) is 2. The Kier molecular flexibility index (Phi) is 2.26. The number of nitrogen functional groups attached to an aromatic ring is 1. The number of pyridine rings is 1. The normalized spacial score (nSPS) is 11.7. The highest BCUT2D eigenvalue weighted by Crippen LogP contribution is 2.27. The lowest BCUT2D eigenvalue weighted by Gasteiger charge is -2.18. The van der Waals surface area contributed by atoms with Gasteiger partial charge in [0.05, 0.1) is 10.6 Å². The molecule has 1 heterocycles. The third-order valence-electron chi connectivity index (χ3n) is 1.54. The van der Waals surface area contributed by atoms with Crippen molar-refractivity contribution in [3.8, 4) is 0 Å². The first-order valence-electron chi connectivity index (χ1n) is 3.55. The van der Waals surface area contributed by atoms with Crippen LogP contribution in [0.2, 0.25) is 5.02 Å². The Morgan fingerprint density at radius 1 is 1.58 bits per heavy atom. The minimum Gasteiger partial charge on any atom is -0.386 e. The van der Waals surface area contributed by atoms with Crippen LogP contribution < -0.4 is 5.73 Å². The summed E-state index contributed by atoms with van der Waals surface area (Å²) < 4.78 is 0. The molecule has 0 atom stereocenters. The first kappa shape index (κ1) is 9.29. The molecule has 0 bridgehead atoms. The van der Waals surface area contributed by atoms with E-state index in [2.05, 4.69) is 4.98 Å². The van der Waals surface area contributed by atoms with E-state index in [1.807, 2.05) is 0 Å². The summed E-state index contributed by atoms with van der Waals surface area (Å²) in [5.74, 6) is 0.358. The highest BCUT2D eigenvalue weighted by Gasteiger charge is 2.19. The highest BCUT2D eigenvalue weighted by atomic mass is 35.5. The van der Waals surface area contributed by atoms with Gasteiger partial charge >= 0.3 is 0 Å². The van der Waals surface area contributed by atoms with E-state index in [9.17, 15) is 5.11 Å². The molecule has 0 unspecified atom stereocenters. The molecule has 12 heavy (non-hydrogen) atoms. The molecule has 0 radical (unpaired) electrons. The van der Waals surface area contributed by atoms with Crippen molar-refractivity contribution in [1.29, 1.82) is 0 Å². The van der Waals surface area contributed by atoms with Gasteiger partial charge in [-0.2, -0.15) is 0 Å². The van der Waals surface area contributed by atoms with Crippen LogP contribution in [0.4, 0.5) is 5.82 Å². The Hall–Kier alpha value is -0.800. The summed E-state index contributed by atoms with van der Waals surface area (Å²) in [6, 6.07) is 1.57. The van der Waals surface area contributed by atoms with Crippen LogP contribution >= 0.6 is 11.6 Å². The number of halogens is 1. The highest BCUT2D eigenvalue weighted by molar-refractivity contribution is 6.31. The minimum absolute atomic E-state index is 0.358. The van der Waals surface area contributed by atoms with Crippen molar-refractivity contribution in [2.24, 2.45) is 0 Å². The third-order valence-corrected chi connectivity index (χ3v) is 1.84. The number of rotatable bonds is 1. The van der Waals surface area contributed by atoms with E-state index < -0.39 is 5.60 Å². The molecule has 0 amide bonds. The molecule has 0 aromatic carbocycles. The van der Waals surface area contributed by atoms with Crippen LogP contribution in [0.5, 0.6) is 0 Å². The van der Waals surface area contributed by atoms with Gasteiger partial charge in [-0.15, -0.1) is 0 Å². The molecule has 0 spiro atoms. The van der Waals surface area contributed by atoms with E-state index in [0.717, 1.165) is 0 Å². The van der Waals surface area contributed by atoms with Crippen molar-refractivity contribution < 1.29 is 5.11 Å². The maximum atomic E-state index is 9.63. The van der Waals surface area contributed by atoms with E-state index >= 15 is 0 Å². The Bertz CT molecular complexity index is 294. The molecule has 0 saturated heterocycles. The van der Waals surface area contributed by atoms with Crippen molar-refractivity contribution in [3.63, 3.8) is 0 Å². The predicted molar refractivity (Wildman–Crippen MR) is 48.9 cm³/mol. The van der Waals surface area contributed by atoms with Crippen molar-refractivity contribution in [2.45, 2.75) is 19.4 Å². The van der Waals surface area contributed by atoms with Gasteiger partial charge in [0.25, 0.3) is 0 Å². The van der Waals surface area contributed by atoms with E-state index in [0.29, 0.717) is 16.4 Å². The summed E-state index contributed by atoms with van der Waals surface area (Å²) in [5, 5.41) is 10.1. The fraction of sp³-hybridized carbons (Fsp3) is 0.375. The SMILES string of the molecule is CC(C)(O)c1cc(N)ncc1Cl. The molecule has 3 N–H and O–H groups in total. The molecular formula is C8H11ClN2O. The van der Waals surface area contributed by atoms with E-state index in [-0.39, 0.29) is 0 Å². The van der Waals surface area contributed by atoms with Crippen LogP contribution in [0.3, 0.4) is 0 Å². The number of nitrogens with two attached hydrogens (primary N) is 1. The second-order valence-electron chi connectivity index (χ2n) is 3.15. The molecule has 66 valence electrons. The average molecular weight is 187 g/mol. The Morgan fingerprint density at radius 2 is 2.17 bits per heavy atom. The molecular weight excluding hydrogens is 176 g/mol. The summed E-state index contributed by atoms with van der Waals surface area (Å²) in [5.41, 5.74) is 5.06. The number of nitrogens with zero attached hydrogens (tertiary/aromatic N) is 1. The van der Waals surface area contributed by atoms with Crippen LogP contribution in [0.25, 0.3) is 0 Å². The molecule has 1 aromatic rings. The minimum atomic E-state index is -0.978. The molecule has 4 heteroatoms. The fourth-order valence-electron chi connectivity index (χ4n) is 0.924.